The van der Waals surface area contributed by atoms with Crippen LogP contribution in [0.25, 0.3) is 0 Å². The Balaban J connectivity index is 2.29. The molecule has 0 saturated carbocycles. The number of anilines is 2. The SMILES string of the molecule is CCNc1ccc2c(c1)NC(=O)C(C)S2. The number of thioether (sulfide) groups is 1. The molecule has 4 heteroatoms. The summed E-state index contributed by atoms with van der Waals surface area (Å²) in [5.41, 5.74) is 1.97. The zero-order valence-electron chi connectivity index (χ0n) is 8.83. The Kier molecular flexibility index (Phi) is 2.86. The number of hydrogen-bond donors (Lipinski definition) is 2. The van der Waals surface area contributed by atoms with E-state index in [-0.39, 0.29) is 11.2 Å². The van der Waals surface area contributed by atoms with E-state index in [2.05, 4.69) is 17.6 Å². The average Bonchev–Trinajstić information content (AvgIpc) is 2.21. The van der Waals surface area contributed by atoms with E-state index in [1.54, 1.807) is 11.8 Å². The van der Waals surface area contributed by atoms with Crippen molar-refractivity contribution in [1.82, 2.24) is 0 Å². The molecule has 1 heterocycles. The zero-order valence-corrected chi connectivity index (χ0v) is 9.65. The lowest BCUT2D eigenvalue weighted by molar-refractivity contribution is -0.115. The smallest absolute Gasteiger partial charge is 0.237 e. The second-order valence-electron chi connectivity index (χ2n) is 3.49. The van der Waals surface area contributed by atoms with Crippen molar-refractivity contribution in [2.24, 2.45) is 0 Å². The van der Waals surface area contributed by atoms with Crippen LogP contribution in [-0.4, -0.2) is 17.7 Å². The molecule has 80 valence electrons. The molecule has 2 N–H and O–H groups in total. The molecule has 0 saturated heterocycles. The summed E-state index contributed by atoms with van der Waals surface area (Å²) in [5, 5.41) is 6.13. The van der Waals surface area contributed by atoms with Gasteiger partial charge >= 0.3 is 0 Å². The van der Waals surface area contributed by atoms with Crippen LogP contribution < -0.4 is 10.6 Å². The summed E-state index contributed by atoms with van der Waals surface area (Å²) in [6.45, 7) is 4.85. The Labute approximate surface area is 93.6 Å². The number of fused-ring (bicyclic) bond motifs is 1. The summed E-state index contributed by atoms with van der Waals surface area (Å²) in [6, 6.07) is 6.07. The van der Waals surface area contributed by atoms with Crippen LogP contribution in [0.1, 0.15) is 13.8 Å². The van der Waals surface area contributed by atoms with E-state index in [0.717, 1.165) is 22.8 Å². The minimum Gasteiger partial charge on any atom is -0.385 e. The van der Waals surface area contributed by atoms with Crippen molar-refractivity contribution in [2.45, 2.75) is 24.0 Å². The summed E-state index contributed by atoms with van der Waals surface area (Å²) >= 11 is 1.61. The van der Waals surface area contributed by atoms with Gasteiger partial charge in [0.25, 0.3) is 0 Å². The summed E-state index contributed by atoms with van der Waals surface area (Å²) in [4.78, 5) is 12.6. The molecule has 0 fully saturated rings. The first kappa shape index (κ1) is 10.4. The van der Waals surface area contributed by atoms with Crippen molar-refractivity contribution in [3.8, 4) is 0 Å². The van der Waals surface area contributed by atoms with Crippen LogP contribution in [0.2, 0.25) is 0 Å². The van der Waals surface area contributed by atoms with Gasteiger partial charge in [-0.05, 0) is 32.0 Å². The highest BCUT2D eigenvalue weighted by Crippen LogP contribution is 2.36. The van der Waals surface area contributed by atoms with Crippen molar-refractivity contribution >= 4 is 29.0 Å². The van der Waals surface area contributed by atoms with E-state index in [4.69, 9.17) is 0 Å². The molecule has 1 aliphatic rings. The molecular formula is C11H14N2OS. The third-order valence-corrected chi connectivity index (χ3v) is 3.47. The lowest BCUT2D eigenvalue weighted by Crippen LogP contribution is -2.26. The highest BCUT2D eigenvalue weighted by atomic mass is 32.2. The molecule has 0 spiro atoms. The maximum atomic E-state index is 11.5. The van der Waals surface area contributed by atoms with Gasteiger partial charge < -0.3 is 10.6 Å². The van der Waals surface area contributed by atoms with Crippen LogP contribution in [0.5, 0.6) is 0 Å². The van der Waals surface area contributed by atoms with Crippen LogP contribution >= 0.6 is 11.8 Å². The molecule has 0 bridgehead atoms. The van der Waals surface area contributed by atoms with Gasteiger partial charge in [0.15, 0.2) is 0 Å². The Morgan fingerprint density at radius 2 is 2.33 bits per heavy atom. The number of nitrogens with one attached hydrogen (secondary N) is 2. The minimum atomic E-state index is 0.00230. The molecule has 15 heavy (non-hydrogen) atoms. The van der Waals surface area contributed by atoms with E-state index in [9.17, 15) is 4.79 Å². The number of carbonyl (C=O) groups excluding carboxylic acids is 1. The summed E-state index contributed by atoms with van der Waals surface area (Å²) in [6.07, 6.45) is 0. The van der Waals surface area contributed by atoms with Crippen molar-refractivity contribution in [2.75, 3.05) is 17.2 Å². The van der Waals surface area contributed by atoms with Crippen molar-refractivity contribution in [3.63, 3.8) is 0 Å². The second-order valence-corrected chi connectivity index (χ2v) is 4.87. The predicted octanol–water partition coefficient (Wildman–Crippen LogP) is 2.55. The Morgan fingerprint density at radius 1 is 1.53 bits per heavy atom. The second kappa shape index (κ2) is 4.14. The van der Waals surface area contributed by atoms with Gasteiger partial charge in [-0.1, -0.05) is 0 Å². The average molecular weight is 222 g/mol. The van der Waals surface area contributed by atoms with Crippen LogP contribution in [0.4, 0.5) is 11.4 Å². The fourth-order valence-electron chi connectivity index (χ4n) is 1.52. The molecule has 1 amide bonds. The molecule has 1 aromatic rings. The molecule has 0 aliphatic carbocycles. The quantitative estimate of drug-likeness (QED) is 0.808. The van der Waals surface area contributed by atoms with Crippen LogP contribution in [0.15, 0.2) is 23.1 Å². The first-order valence-corrected chi connectivity index (χ1v) is 5.94. The molecular weight excluding hydrogens is 208 g/mol. The predicted molar refractivity (Wildman–Crippen MR) is 64.6 cm³/mol. The lowest BCUT2D eigenvalue weighted by Gasteiger charge is -2.21. The standard InChI is InChI=1S/C11H14N2OS/c1-3-12-8-4-5-10-9(6-8)13-11(14)7(2)15-10/h4-7,12H,3H2,1-2H3,(H,13,14). The first-order chi connectivity index (χ1) is 7.20. The van der Waals surface area contributed by atoms with Crippen molar-refractivity contribution in [3.05, 3.63) is 18.2 Å². The largest absolute Gasteiger partial charge is 0.385 e. The van der Waals surface area contributed by atoms with Crippen LogP contribution in [0.3, 0.4) is 0 Å². The number of benzene rings is 1. The first-order valence-electron chi connectivity index (χ1n) is 5.06. The van der Waals surface area contributed by atoms with E-state index in [1.807, 2.05) is 25.1 Å². The molecule has 1 atom stereocenters. The van der Waals surface area contributed by atoms with Gasteiger partial charge in [0.1, 0.15) is 0 Å². The van der Waals surface area contributed by atoms with Crippen LogP contribution in [-0.2, 0) is 4.79 Å². The summed E-state index contributed by atoms with van der Waals surface area (Å²) in [7, 11) is 0. The summed E-state index contributed by atoms with van der Waals surface area (Å²) in [5.74, 6) is 0.0844. The lowest BCUT2D eigenvalue weighted by atomic mass is 10.2. The number of hydrogen-bond acceptors (Lipinski definition) is 3. The van der Waals surface area contributed by atoms with E-state index >= 15 is 0 Å². The topological polar surface area (TPSA) is 41.1 Å². The number of amides is 1. The highest BCUT2D eigenvalue weighted by molar-refractivity contribution is 8.00. The normalized spacial score (nSPS) is 19.3. The zero-order chi connectivity index (χ0) is 10.8. The van der Waals surface area contributed by atoms with Crippen molar-refractivity contribution < 1.29 is 4.79 Å². The third kappa shape index (κ3) is 2.09. The van der Waals surface area contributed by atoms with Gasteiger partial charge in [0, 0.05) is 17.1 Å². The molecule has 3 nitrogen and oxygen atoms in total. The van der Waals surface area contributed by atoms with E-state index in [0.29, 0.717) is 0 Å². The molecule has 0 radical (unpaired) electrons. The minimum absolute atomic E-state index is 0.00230. The summed E-state index contributed by atoms with van der Waals surface area (Å²) < 4.78 is 0. The molecule has 1 aliphatic heterocycles. The Morgan fingerprint density at radius 3 is 3.07 bits per heavy atom. The highest BCUT2D eigenvalue weighted by Gasteiger charge is 2.22. The fraction of sp³-hybridized carbons (Fsp3) is 0.364. The van der Waals surface area contributed by atoms with Gasteiger partial charge in [-0.3, -0.25) is 4.79 Å². The van der Waals surface area contributed by atoms with Gasteiger partial charge in [0.2, 0.25) is 5.91 Å². The Hall–Kier alpha value is -1.16. The number of rotatable bonds is 2. The molecule has 1 unspecified atom stereocenters. The maximum absolute atomic E-state index is 11.5. The fourth-order valence-corrected chi connectivity index (χ4v) is 2.45. The van der Waals surface area contributed by atoms with Gasteiger partial charge in [-0.2, -0.15) is 0 Å². The van der Waals surface area contributed by atoms with E-state index in [1.165, 1.54) is 0 Å². The van der Waals surface area contributed by atoms with E-state index < -0.39 is 0 Å². The van der Waals surface area contributed by atoms with Crippen molar-refractivity contribution in [1.29, 1.82) is 0 Å². The third-order valence-electron chi connectivity index (χ3n) is 2.29. The molecule has 1 aromatic carbocycles. The maximum Gasteiger partial charge on any atom is 0.237 e. The van der Waals surface area contributed by atoms with Gasteiger partial charge in [-0.15, -0.1) is 11.8 Å². The van der Waals surface area contributed by atoms with Gasteiger partial charge in [-0.25, -0.2) is 0 Å². The Bertz CT molecular complexity index is 392. The molecule has 2 rings (SSSR count). The molecule has 0 aromatic heterocycles. The van der Waals surface area contributed by atoms with Crippen LogP contribution in [0, 0.1) is 0 Å². The monoisotopic (exact) mass is 222 g/mol. The van der Waals surface area contributed by atoms with Gasteiger partial charge in [0.05, 0.1) is 10.9 Å². The number of carbonyl (C=O) groups is 1.